The SMILES string of the molecule is N#CC(C(N)=O)=C(S)S.[Na+].[Na+]. The van der Waals surface area contributed by atoms with Crippen molar-refractivity contribution >= 4 is 31.2 Å². The fraction of sp³-hybridized carbons (Fsp3) is 0. The van der Waals surface area contributed by atoms with E-state index in [1.54, 1.807) is 6.07 Å². The molecule has 7 heteroatoms. The molecule has 0 radical (unpaired) electrons. The molecule has 0 aliphatic carbocycles. The Kier molecular flexibility index (Phi) is 15.7. The van der Waals surface area contributed by atoms with Crippen LogP contribution in [0.15, 0.2) is 9.81 Å². The number of hydrogen-bond donors (Lipinski definition) is 3. The van der Waals surface area contributed by atoms with Gasteiger partial charge in [-0.25, -0.2) is 0 Å². The summed E-state index contributed by atoms with van der Waals surface area (Å²) < 4.78 is 0.0463. The molecular formula is C4H4N2Na2OS2+2. The van der Waals surface area contributed by atoms with Gasteiger partial charge in [0.25, 0.3) is 5.91 Å². The summed E-state index contributed by atoms with van der Waals surface area (Å²) >= 11 is 7.27. The summed E-state index contributed by atoms with van der Waals surface area (Å²) in [6.45, 7) is 0. The maximum atomic E-state index is 10.2. The number of carbonyl (C=O) groups excluding carboxylic acids is 1. The van der Waals surface area contributed by atoms with Crippen molar-refractivity contribution in [1.82, 2.24) is 0 Å². The first-order valence-electron chi connectivity index (χ1n) is 1.91. The summed E-state index contributed by atoms with van der Waals surface area (Å²) in [5, 5.41) is 8.16. The second-order valence-electron chi connectivity index (χ2n) is 1.17. The fourth-order valence-electron chi connectivity index (χ4n) is 0.215. The molecule has 0 bridgehead atoms. The maximum Gasteiger partial charge on any atom is 1.00 e. The van der Waals surface area contributed by atoms with Crippen molar-refractivity contribution in [2.24, 2.45) is 5.73 Å². The predicted octanol–water partition coefficient (Wildman–Crippen LogP) is -5.93. The van der Waals surface area contributed by atoms with E-state index in [0.29, 0.717) is 0 Å². The molecule has 0 unspecified atom stereocenters. The van der Waals surface area contributed by atoms with E-state index >= 15 is 0 Å². The summed E-state index contributed by atoms with van der Waals surface area (Å²) in [4.78, 5) is 10.2. The van der Waals surface area contributed by atoms with Crippen molar-refractivity contribution in [3.63, 3.8) is 0 Å². The van der Waals surface area contributed by atoms with Gasteiger partial charge in [0.2, 0.25) is 0 Å². The molecule has 0 aliphatic heterocycles. The Bertz CT molecular complexity index is 207. The number of nitrogens with zero attached hydrogens (tertiary/aromatic N) is 1. The Balaban J connectivity index is -0.000000320. The van der Waals surface area contributed by atoms with Crippen molar-refractivity contribution in [2.75, 3.05) is 0 Å². The van der Waals surface area contributed by atoms with Crippen LogP contribution in [0.1, 0.15) is 0 Å². The Morgan fingerprint density at radius 3 is 1.73 bits per heavy atom. The van der Waals surface area contributed by atoms with Crippen LogP contribution < -0.4 is 64.8 Å². The van der Waals surface area contributed by atoms with Gasteiger partial charge < -0.3 is 5.73 Å². The van der Waals surface area contributed by atoms with Gasteiger partial charge in [-0.15, -0.1) is 25.3 Å². The van der Waals surface area contributed by atoms with Crippen molar-refractivity contribution in [2.45, 2.75) is 0 Å². The zero-order chi connectivity index (χ0) is 7.44. The Hall–Kier alpha value is 1.40. The van der Waals surface area contributed by atoms with Gasteiger partial charge in [0.1, 0.15) is 11.6 Å². The monoisotopic (exact) mass is 206 g/mol. The van der Waals surface area contributed by atoms with E-state index in [9.17, 15) is 4.79 Å². The minimum absolute atomic E-state index is 0. The number of rotatable bonds is 1. The van der Waals surface area contributed by atoms with Crippen LogP contribution in [0.4, 0.5) is 0 Å². The molecule has 0 heterocycles. The van der Waals surface area contributed by atoms with Gasteiger partial charge in [0, 0.05) is 0 Å². The Morgan fingerprint density at radius 2 is 1.73 bits per heavy atom. The topological polar surface area (TPSA) is 66.9 Å². The van der Waals surface area contributed by atoms with Gasteiger partial charge >= 0.3 is 59.1 Å². The van der Waals surface area contributed by atoms with Gasteiger partial charge in [-0.05, 0) is 0 Å². The average Bonchev–Trinajstić information content (AvgIpc) is 1.64. The molecule has 0 rings (SSSR count). The van der Waals surface area contributed by atoms with Crippen LogP contribution in [0.2, 0.25) is 0 Å². The summed E-state index contributed by atoms with van der Waals surface area (Å²) in [7, 11) is 0. The molecule has 0 aromatic carbocycles. The van der Waals surface area contributed by atoms with E-state index in [0.717, 1.165) is 0 Å². The van der Waals surface area contributed by atoms with Crippen LogP contribution in [-0.4, -0.2) is 5.91 Å². The van der Waals surface area contributed by atoms with Crippen molar-refractivity contribution in [3.05, 3.63) is 9.81 Å². The third kappa shape index (κ3) is 7.75. The largest absolute Gasteiger partial charge is 1.00 e. The van der Waals surface area contributed by atoms with Crippen LogP contribution in [0.25, 0.3) is 0 Å². The molecule has 2 N–H and O–H groups in total. The summed E-state index contributed by atoms with van der Waals surface area (Å²) in [5.41, 5.74) is 4.51. The van der Waals surface area contributed by atoms with Crippen LogP contribution in [0.3, 0.4) is 0 Å². The molecule has 0 spiro atoms. The van der Waals surface area contributed by atoms with Gasteiger partial charge in [0.05, 0.1) is 4.24 Å². The van der Waals surface area contributed by atoms with Crippen LogP contribution in [0.5, 0.6) is 0 Å². The zero-order valence-electron chi connectivity index (χ0n) is 6.33. The number of amides is 1. The number of hydrogen-bond acceptors (Lipinski definition) is 4. The molecule has 0 saturated carbocycles. The van der Waals surface area contributed by atoms with E-state index in [-0.39, 0.29) is 68.9 Å². The summed E-state index contributed by atoms with van der Waals surface area (Å²) in [6.07, 6.45) is 0. The predicted molar refractivity (Wildman–Crippen MR) is 39.8 cm³/mol. The molecule has 11 heavy (non-hydrogen) atoms. The van der Waals surface area contributed by atoms with Gasteiger partial charge in [-0.3, -0.25) is 4.79 Å². The zero-order valence-corrected chi connectivity index (χ0v) is 12.1. The second-order valence-corrected chi connectivity index (χ2v) is 2.42. The van der Waals surface area contributed by atoms with E-state index < -0.39 is 5.91 Å². The smallest absolute Gasteiger partial charge is 0.365 e. The molecular weight excluding hydrogens is 202 g/mol. The molecule has 48 valence electrons. The maximum absolute atomic E-state index is 10.2. The second kappa shape index (κ2) is 9.49. The summed E-state index contributed by atoms with van der Waals surface area (Å²) in [6, 6.07) is 1.55. The minimum atomic E-state index is -0.808. The average molecular weight is 206 g/mol. The Labute approximate surface area is 120 Å². The molecule has 1 amide bonds. The third-order valence-corrected chi connectivity index (χ3v) is 1.03. The number of nitrogens with two attached hydrogens (primary N) is 1. The van der Waals surface area contributed by atoms with Crippen molar-refractivity contribution < 1.29 is 63.9 Å². The first-order chi connectivity index (χ1) is 4.09. The van der Waals surface area contributed by atoms with Crippen molar-refractivity contribution in [1.29, 1.82) is 5.26 Å². The molecule has 3 nitrogen and oxygen atoms in total. The van der Waals surface area contributed by atoms with Crippen molar-refractivity contribution in [3.8, 4) is 6.07 Å². The molecule has 0 fully saturated rings. The van der Waals surface area contributed by atoms with Gasteiger partial charge in [0.15, 0.2) is 0 Å². The summed E-state index contributed by atoms with van der Waals surface area (Å²) in [5.74, 6) is -0.808. The quantitative estimate of drug-likeness (QED) is 0.173. The third-order valence-electron chi connectivity index (χ3n) is 0.582. The first kappa shape index (κ1) is 18.2. The van der Waals surface area contributed by atoms with E-state index in [1.807, 2.05) is 0 Å². The van der Waals surface area contributed by atoms with Gasteiger partial charge in [-0.2, -0.15) is 5.26 Å². The normalized spacial score (nSPS) is 6.27. The number of nitriles is 1. The van der Waals surface area contributed by atoms with Crippen LogP contribution >= 0.6 is 25.3 Å². The van der Waals surface area contributed by atoms with E-state index in [2.05, 4.69) is 25.3 Å². The molecule has 0 saturated heterocycles. The first-order valence-corrected chi connectivity index (χ1v) is 2.81. The van der Waals surface area contributed by atoms with Crippen LogP contribution in [0, 0.1) is 11.3 Å². The molecule has 0 aromatic rings. The minimum Gasteiger partial charge on any atom is -0.365 e. The molecule has 0 aromatic heterocycles. The number of primary amides is 1. The van der Waals surface area contributed by atoms with E-state index in [1.165, 1.54) is 0 Å². The number of thiol groups is 2. The Morgan fingerprint density at radius 1 is 1.36 bits per heavy atom. The fourth-order valence-corrected chi connectivity index (χ4v) is 0.536. The van der Waals surface area contributed by atoms with Gasteiger partial charge in [-0.1, -0.05) is 0 Å². The van der Waals surface area contributed by atoms with Crippen LogP contribution in [-0.2, 0) is 4.79 Å². The number of carbonyl (C=O) groups is 1. The standard InChI is InChI=1S/C4H4N2OS2.2Na/c5-1-2(3(6)7)4(8)9;;/h8-9H,(H2,6,7);;/q;2*+1. The molecule has 0 atom stereocenters. The van der Waals surface area contributed by atoms with E-state index in [4.69, 9.17) is 11.0 Å². The molecule has 0 aliphatic rings.